The molecule has 1 N–H and O–H groups in total. The summed E-state index contributed by atoms with van der Waals surface area (Å²) in [6.07, 6.45) is 3.04. The highest BCUT2D eigenvalue weighted by Gasteiger charge is 2.22. The molecule has 0 spiro atoms. The number of amides is 1. The maximum Gasteiger partial charge on any atom is 0.348 e. The van der Waals surface area contributed by atoms with Crippen LogP contribution in [0.5, 0.6) is 0 Å². The molecule has 120 valence electrons. The van der Waals surface area contributed by atoms with Crippen molar-refractivity contribution in [2.75, 3.05) is 5.32 Å². The second-order valence-corrected chi connectivity index (χ2v) is 6.35. The highest BCUT2D eigenvalue weighted by molar-refractivity contribution is 7.18. The number of carbonyl (C=O) groups is 2. The molecule has 1 heterocycles. The van der Waals surface area contributed by atoms with Crippen molar-refractivity contribution >= 4 is 28.2 Å². The lowest BCUT2D eigenvalue weighted by atomic mass is 10.1. The quantitative estimate of drug-likeness (QED) is 0.607. The molecule has 0 radical (unpaired) electrons. The predicted octanol–water partition coefficient (Wildman–Crippen LogP) is 4.01. The number of hydrogen-bond acceptors (Lipinski definition) is 5. The third kappa shape index (κ3) is 4.85. The van der Waals surface area contributed by atoms with Crippen molar-refractivity contribution in [2.45, 2.75) is 59.5 Å². The first kappa shape index (κ1) is 18.2. The van der Waals surface area contributed by atoms with E-state index >= 15 is 0 Å². The Hall–Kier alpha value is -1.87. The second kappa shape index (κ2) is 8.54. The summed E-state index contributed by atoms with van der Waals surface area (Å²) in [6.45, 7) is 7.30. The van der Waals surface area contributed by atoms with E-state index in [-0.39, 0.29) is 12.0 Å². The number of thiophene rings is 1. The van der Waals surface area contributed by atoms with E-state index in [1.54, 1.807) is 20.8 Å². The third-order valence-corrected chi connectivity index (χ3v) is 4.23. The minimum absolute atomic E-state index is 0.130. The van der Waals surface area contributed by atoms with E-state index in [9.17, 15) is 14.9 Å². The van der Waals surface area contributed by atoms with Gasteiger partial charge < -0.3 is 10.1 Å². The first-order valence-electron chi connectivity index (χ1n) is 7.45. The Bertz CT molecular complexity index is 585. The summed E-state index contributed by atoms with van der Waals surface area (Å²) in [4.78, 5) is 24.3. The maximum atomic E-state index is 12.0. The summed E-state index contributed by atoms with van der Waals surface area (Å²) < 4.78 is 5.16. The van der Waals surface area contributed by atoms with Crippen molar-refractivity contribution in [1.82, 2.24) is 0 Å². The van der Waals surface area contributed by atoms with Gasteiger partial charge >= 0.3 is 5.97 Å². The predicted molar refractivity (Wildman–Crippen MR) is 87.1 cm³/mol. The fourth-order valence-corrected chi connectivity index (χ4v) is 2.98. The van der Waals surface area contributed by atoms with Crippen LogP contribution >= 0.6 is 11.3 Å². The van der Waals surface area contributed by atoms with Crippen LogP contribution < -0.4 is 5.32 Å². The van der Waals surface area contributed by atoms with Gasteiger partial charge in [0.1, 0.15) is 15.9 Å². The zero-order chi connectivity index (χ0) is 16.7. The molecule has 1 aromatic rings. The largest absolute Gasteiger partial charge is 0.459 e. The Morgan fingerprint density at radius 3 is 2.59 bits per heavy atom. The Morgan fingerprint density at radius 2 is 2.05 bits per heavy atom. The molecule has 0 atom stereocenters. The number of ether oxygens (including phenoxy) is 1. The molecule has 0 saturated carbocycles. The van der Waals surface area contributed by atoms with Crippen LogP contribution in [0.1, 0.15) is 67.3 Å². The lowest BCUT2D eigenvalue weighted by Gasteiger charge is -2.06. The van der Waals surface area contributed by atoms with Crippen LogP contribution in [-0.2, 0) is 9.53 Å². The zero-order valence-corrected chi connectivity index (χ0v) is 14.3. The summed E-state index contributed by atoms with van der Waals surface area (Å²) in [5.41, 5.74) is 0.895. The van der Waals surface area contributed by atoms with Gasteiger partial charge in [-0.3, -0.25) is 4.79 Å². The molecule has 1 amide bonds. The lowest BCUT2D eigenvalue weighted by Crippen LogP contribution is -2.11. The summed E-state index contributed by atoms with van der Waals surface area (Å²) in [6, 6.07) is 2.05. The van der Waals surface area contributed by atoms with E-state index < -0.39 is 5.97 Å². The van der Waals surface area contributed by atoms with Crippen molar-refractivity contribution in [1.29, 1.82) is 5.26 Å². The van der Waals surface area contributed by atoms with Gasteiger partial charge in [-0.15, -0.1) is 11.3 Å². The van der Waals surface area contributed by atoms with Crippen molar-refractivity contribution < 1.29 is 14.3 Å². The minimum Gasteiger partial charge on any atom is -0.459 e. The first-order chi connectivity index (χ1) is 10.4. The second-order valence-electron chi connectivity index (χ2n) is 5.33. The molecule has 0 bridgehead atoms. The molecule has 0 aliphatic carbocycles. The fourth-order valence-electron chi connectivity index (χ4n) is 1.92. The number of nitriles is 1. The molecule has 1 rings (SSSR count). The SMILES string of the molecule is CCCCCC(=O)Nc1sc(C(=O)OC(C)C)c(C)c1C#N. The highest BCUT2D eigenvalue weighted by Crippen LogP contribution is 2.33. The monoisotopic (exact) mass is 322 g/mol. The van der Waals surface area contributed by atoms with Crippen molar-refractivity contribution in [2.24, 2.45) is 0 Å². The lowest BCUT2D eigenvalue weighted by molar-refractivity contribution is -0.116. The number of unbranched alkanes of at least 4 members (excludes halogenated alkanes) is 2. The van der Waals surface area contributed by atoms with E-state index in [1.807, 2.05) is 0 Å². The van der Waals surface area contributed by atoms with Gasteiger partial charge in [-0.05, 0) is 32.8 Å². The number of hydrogen-bond donors (Lipinski definition) is 1. The molecule has 0 aliphatic heterocycles. The van der Waals surface area contributed by atoms with Gasteiger partial charge in [0, 0.05) is 6.42 Å². The molecular weight excluding hydrogens is 300 g/mol. The van der Waals surface area contributed by atoms with Crippen LogP contribution in [0.2, 0.25) is 0 Å². The summed E-state index contributed by atoms with van der Waals surface area (Å²) in [5, 5.41) is 12.4. The zero-order valence-electron chi connectivity index (χ0n) is 13.5. The molecular formula is C16H22N2O3S. The topological polar surface area (TPSA) is 79.2 Å². The number of nitrogens with zero attached hydrogens (tertiary/aromatic N) is 1. The maximum absolute atomic E-state index is 12.0. The third-order valence-electron chi connectivity index (χ3n) is 3.05. The molecule has 22 heavy (non-hydrogen) atoms. The Balaban J connectivity index is 2.90. The number of nitrogens with one attached hydrogen (secondary N) is 1. The summed E-state index contributed by atoms with van der Waals surface area (Å²) in [7, 11) is 0. The van der Waals surface area contributed by atoms with E-state index in [4.69, 9.17) is 4.74 Å². The number of anilines is 1. The van der Waals surface area contributed by atoms with Crippen LogP contribution in [0.4, 0.5) is 5.00 Å². The van der Waals surface area contributed by atoms with Gasteiger partial charge in [-0.1, -0.05) is 19.8 Å². The number of carbonyl (C=O) groups excluding carboxylic acids is 2. The molecule has 6 heteroatoms. The molecule has 0 aliphatic rings. The molecule has 0 saturated heterocycles. The van der Waals surface area contributed by atoms with Gasteiger partial charge in [0.15, 0.2) is 0 Å². The van der Waals surface area contributed by atoms with Crippen LogP contribution in [0, 0.1) is 18.3 Å². The van der Waals surface area contributed by atoms with Crippen molar-refractivity contribution in [3.8, 4) is 6.07 Å². The van der Waals surface area contributed by atoms with Crippen LogP contribution in [0.15, 0.2) is 0 Å². The van der Waals surface area contributed by atoms with Crippen LogP contribution in [0.3, 0.4) is 0 Å². The number of esters is 1. The van der Waals surface area contributed by atoms with Gasteiger partial charge in [-0.25, -0.2) is 4.79 Å². The molecule has 0 unspecified atom stereocenters. The average Bonchev–Trinajstić information content (AvgIpc) is 2.74. The van der Waals surface area contributed by atoms with E-state index in [2.05, 4.69) is 18.3 Å². The fraction of sp³-hybridized carbons (Fsp3) is 0.562. The molecule has 1 aromatic heterocycles. The Morgan fingerprint density at radius 1 is 1.36 bits per heavy atom. The minimum atomic E-state index is -0.458. The van der Waals surface area contributed by atoms with Gasteiger partial charge in [0.25, 0.3) is 0 Å². The van der Waals surface area contributed by atoms with E-state index in [1.165, 1.54) is 0 Å². The Kier molecular flexibility index (Phi) is 7.06. The van der Waals surface area contributed by atoms with Crippen molar-refractivity contribution in [3.05, 3.63) is 16.0 Å². The van der Waals surface area contributed by atoms with E-state index in [0.717, 1.165) is 30.6 Å². The van der Waals surface area contributed by atoms with Gasteiger partial charge in [0.05, 0.1) is 11.7 Å². The normalized spacial score (nSPS) is 10.4. The number of rotatable bonds is 7. The van der Waals surface area contributed by atoms with Crippen LogP contribution in [0.25, 0.3) is 0 Å². The standard InChI is InChI=1S/C16H22N2O3S/c1-5-6-7-8-13(19)18-15-12(9-17)11(4)14(22-15)16(20)21-10(2)3/h10H,5-8H2,1-4H3,(H,18,19). The van der Waals surface area contributed by atoms with Crippen LogP contribution in [-0.4, -0.2) is 18.0 Å². The van der Waals surface area contributed by atoms with Gasteiger partial charge in [-0.2, -0.15) is 5.26 Å². The summed E-state index contributed by atoms with van der Waals surface area (Å²) in [5.74, 6) is -0.588. The average molecular weight is 322 g/mol. The summed E-state index contributed by atoms with van der Waals surface area (Å²) >= 11 is 1.10. The van der Waals surface area contributed by atoms with E-state index in [0.29, 0.717) is 27.4 Å². The van der Waals surface area contributed by atoms with Gasteiger partial charge in [0.2, 0.25) is 5.91 Å². The Labute approximate surface area is 135 Å². The molecule has 0 fully saturated rings. The first-order valence-corrected chi connectivity index (χ1v) is 8.26. The molecule has 5 nitrogen and oxygen atoms in total. The smallest absolute Gasteiger partial charge is 0.348 e. The highest BCUT2D eigenvalue weighted by atomic mass is 32.1. The van der Waals surface area contributed by atoms with Crippen molar-refractivity contribution in [3.63, 3.8) is 0 Å². The molecule has 0 aromatic carbocycles.